The van der Waals surface area contributed by atoms with Crippen LogP contribution in [0.3, 0.4) is 0 Å². The van der Waals surface area contributed by atoms with Crippen LogP contribution in [0.1, 0.15) is 27.7 Å². The van der Waals surface area contributed by atoms with E-state index in [2.05, 4.69) is 10.6 Å². The zero-order chi connectivity index (χ0) is 23.5. The molecule has 0 spiro atoms. The fraction of sp³-hybridized carbons (Fsp3) is 0.375. The molecule has 8 nitrogen and oxygen atoms in total. The Morgan fingerprint density at radius 2 is 1.62 bits per heavy atom. The number of para-hydroxylation sites is 3. The molecule has 170 valence electrons. The van der Waals surface area contributed by atoms with Gasteiger partial charge in [0, 0.05) is 12.7 Å². The molecule has 32 heavy (non-hydrogen) atoms. The number of carbonyl (C=O) groups excluding carboxylic acids is 3. The lowest BCUT2D eigenvalue weighted by Crippen LogP contribution is -2.55. The molecule has 1 unspecified atom stereocenters. The lowest BCUT2D eigenvalue weighted by atomic mass is 10.2. The van der Waals surface area contributed by atoms with Crippen molar-refractivity contribution in [1.29, 1.82) is 0 Å². The van der Waals surface area contributed by atoms with Crippen molar-refractivity contribution in [1.82, 2.24) is 10.6 Å². The number of ether oxygens (including phenoxy) is 1. The quantitative estimate of drug-likeness (QED) is 0.765. The molecule has 1 aliphatic rings. The number of rotatable bonds is 4. The van der Waals surface area contributed by atoms with E-state index in [4.69, 9.17) is 4.74 Å². The van der Waals surface area contributed by atoms with Crippen molar-refractivity contribution in [3.63, 3.8) is 0 Å². The van der Waals surface area contributed by atoms with Crippen LogP contribution in [-0.2, 0) is 14.3 Å². The van der Waals surface area contributed by atoms with Gasteiger partial charge in [-0.05, 0) is 52.0 Å². The Morgan fingerprint density at radius 3 is 2.25 bits per heavy atom. The summed E-state index contributed by atoms with van der Waals surface area (Å²) in [5, 5.41) is 5.32. The number of nitrogens with zero attached hydrogens (tertiary/aromatic N) is 2. The van der Waals surface area contributed by atoms with Gasteiger partial charge in [-0.1, -0.05) is 30.3 Å². The highest BCUT2D eigenvalue weighted by Gasteiger charge is 2.34. The predicted octanol–water partition coefficient (Wildman–Crippen LogP) is 3.20. The number of benzene rings is 2. The second kappa shape index (κ2) is 9.30. The van der Waals surface area contributed by atoms with E-state index in [0.717, 1.165) is 17.1 Å². The molecule has 8 heteroatoms. The Hall–Kier alpha value is -3.55. The first kappa shape index (κ1) is 23.1. The van der Waals surface area contributed by atoms with Crippen LogP contribution in [0, 0.1) is 0 Å². The second-order valence-electron chi connectivity index (χ2n) is 8.76. The SMILES string of the molecule is C[C@H](NC(=O)OC(C)(C)C)C(=O)NC1CN(c2ccccc2)c2ccccc2N(C)C1=O. The summed E-state index contributed by atoms with van der Waals surface area (Å²) in [4.78, 5) is 41.6. The summed E-state index contributed by atoms with van der Waals surface area (Å²) in [6.45, 7) is 7.02. The Balaban J connectivity index is 1.82. The Labute approximate surface area is 188 Å². The van der Waals surface area contributed by atoms with Crippen LogP contribution in [0.15, 0.2) is 54.6 Å². The maximum atomic E-state index is 13.2. The fourth-order valence-electron chi connectivity index (χ4n) is 3.49. The first-order chi connectivity index (χ1) is 15.1. The van der Waals surface area contributed by atoms with E-state index in [1.54, 1.807) is 39.6 Å². The Bertz CT molecular complexity index is 987. The first-order valence-corrected chi connectivity index (χ1v) is 10.6. The van der Waals surface area contributed by atoms with Crippen molar-refractivity contribution in [2.75, 3.05) is 23.4 Å². The number of amides is 3. The molecule has 2 atom stereocenters. The van der Waals surface area contributed by atoms with E-state index in [-0.39, 0.29) is 12.5 Å². The van der Waals surface area contributed by atoms with Gasteiger partial charge in [0.1, 0.15) is 17.7 Å². The van der Waals surface area contributed by atoms with Gasteiger partial charge in [0.25, 0.3) is 5.91 Å². The van der Waals surface area contributed by atoms with Crippen LogP contribution in [0.4, 0.5) is 21.9 Å². The van der Waals surface area contributed by atoms with E-state index < -0.39 is 29.7 Å². The molecule has 2 N–H and O–H groups in total. The third kappa shape index (κ3) is 5.38. The Kier molecular flexibility index (Phi) is 6.72. The smallest absolute Gasteiger partial charge is 0.408 e. The first-order valence-electron chi connectivity index (χ1n) is 10.6. The zero-order valence-corrected chi connectivity index (χ0v) is 19.1. The van der Waals surface area contributed by atoms with E-state index in [9.17, 15) is 14.4 Å². The molecule has 0 fully saturated rings. The third-order valence-electron chi connectivity index (χ3n) is 5.04. The van der Waals surface area contributed by atoms with Gasteiger partial charge >= 0.3 is 6.09 Å². The lowest BCUT2D eigenvalue weighted by molar-refractivity contribution is -0.128. The largest absolute Gasteiger partial charge is 0.444 e. The summed E-state index contributed by atoms with van der Waals surface area (Å²) in [5.41, 5.74) is 1.84. The number of fused-ring (bicyclic) bond motifs is 1. The van der Waals surface area contributed by atoms with Gasteiger partial charge in [-0.25, -0.2) is 4.79 Å². The second-order valence-corrected chi connectivity index (χ2v) is 8.76. The lowest BCUT2D eigenvalue weighted by Gasteiger charge is -2.27. The highest BCUT2D eigenvalue weighted by atomic mass is 16.6. The van der Waals surface area contributed by atoms with Crippen molar-refractivity contribution >= 4 is 35.0 Å². The van der Waals surface area contributed by atoms with Gasteiger partial charge in [0.2, 0.25) is 5.91 Å². The summed E-state index contributed by atoms with van der Waals surface area (Å²) in [6, 6.07) is 15.6. The van der Waals surface area contributed by atoms with Gasteiger partial charge < -0.3 is 25.2 Å². The molecule has 1 aliphatic heterocycles. The van der Waals surface area contributed by atoms with Crippen LogP contribution >= 0.6 is 0 Å². The van der Waals surface area contributed by atoms with E-state index in [1.165, 1.54) is 0 Å². The number of likely N-dealkylation sites (N-methyl/N-ethyl adjacent to an activating group) is 1. The molecule has 0 saturated carbocycles. The molecule has 2 aromatic carbocycles. The van der Waals surface area contributed by atoms with Crippen molar-refractivity contribution in [2.24, 2.45) is 0 Å². The molecule has 3 amide bonds. The maximum Gasteiger partial charge on any atom is 0.408 e. The van der Waals surface area contributed by atoms with Crippen molar-refractivity contribution in [3.05, 3.63) is 54.6 Å². The molecular formula is C24H30N4O4. The fourth-order valence-corrected chi connectivity index (χ4v) is 3.49. The van der Waals surface area contributed by atoms with Crippen molar-refractivity contribution in [3.8, 4) is 0 Å². The highest BCUT2D eigenvalue weighted by Crippen LogP contribution is 2.36. The summed E-state index contributed by atoms with van der Waals surface area (Å²) in [7, 11) is 1.69. The normalized spacial score (nSPS) is 17.2. The average Bonchev–Trinajstić information content (AvgIpc) is 2.83. The number of hydrogen-bond acceptors (Lipinski definition) is 5. The monoisotopic (exact) mass is 438 g/mol. The molecule has 0 saturated heterocycles. The minimum Gasteiger partial charge on any atom is -0.444 e. The summed E-state index contributed by atoms with van der Waals surface area (Å²) in [5.74, 6) is -0.713. The molecule has 0 aromatic heterocycles. The van der Waals surface area contributed by atoms with Crippen LogP contribution < -0.4 is 20.4 Å². The van der Waals surface area contributed by atoms with Gasteiger partial charge in [-0.3, -0.25) is 9.59 Å². The molecule has 0 radical (unpaired) electrons. The van der Waals surface area contributed by atoms with Crippen LogP contribution in [0.25, 0.3) is 0 Å². The van der Waals surface area contributed by atoms with Crippen LogP contribution in [0.5, 0.6) is 0 Å². The van der Waals surface area contributed by atoms with E-state index in [1.807, 2.05) is 59.5 Å². The number of nitrogens with one attached hydrogen (secondary N) is 2. The van der Waals surface area contributed by atoms with Gasteiger partial charge in [-0.15, -0.1) is 0 Å². The number of alkyl carbamates (subject to hydrolysis) is 1. The van der Waals surface area contributed by atoms with Gasteiger partial charge in [0.15, 0.2) is 0 Å². The van der Waals surface area contributed by atoms with E-state index >= 15 is 0 Å². The molecule has 1 heterocycles. The number of anilines is 3. The topological polar surface area (TPSA) is 91.0 Å². The van der Waals surface area contributed by atoms with Crippen molar-refractivity contribution < 1.29 is 19.1 Å². The maximum absolute atomic E-state index is 13.2. The summed E-state index contributed by atoms with van der Waals surface area (Å²) >= 11 is 0. The third-order valence-corrected chi connectivity index (χ3v) is 5.04. The minimum atomic E-state index is -0.876. The molecule has 0 aliphatic carbocycles. The van der Waals surface area contributed by atoms with Gasteiger partial charge in [-0.2, -0.15) is 0 Å². The Morgan fingerprint density at radius 1 is 1.03 bits per heavy atom. The van der Waals surface area contributed by atoms with Gasteiger partial charge in [0.05, 0.1) is 17.9 Å². The molecular weight excluding hydrogens is 408 g/mol. The standard InChI is InChI=1S/C24H30N4O4/c1-16(25-23(31)32-24(2,3)4)21(29)26-18-15-28(17-11-7-6-8-12-17)20-14-10-9-13-19(20)27(5)22(18)30/h6-14,16,18H,15H2,1-5H3,(H,25,31)(H,26,29)/t16-,18?/m0/s1. The molecule has 2 aromatic rings. The van der Waals surface area contributed by atoms with Crippen LogP contribution in [0.2, 0.25) is 0 Å². The van der Waals surface area contributed by atoms with E-state index in [0.29, 0.717) is 0 Å². The average molecular weight is 439 g/mol. The minimum absolute atomic E-state index is 0.242. The number of hydrogen-bond donors (Lipinski definition) is 2. The van der Waals surface area contributed by atoms with Crippen LogP contribution in [-0.4, -0.2) is 49.2 Å². The molecule has 0 bridgehead atoms. The number of carbonyl (C=O) groups is 3. The zero-order valence-electron chi connectivity index (χ0n) is 19.1. The van der Waals surface area contributed by atoms with Crippen molar-refractivity contribution in [2.45, 2.75) is 45.4 Å². The summed E-state index contributed by atoms with van der Waals surface area (Å²) in [6.07, 6.45) is -0.692. The predicted molar refractivity (Wildman–Crippen MR) is 124 cm³/mol. The molecule has 3 rings (SSSR count). The highest BCUT2D eigenvalue weighted by molar-refractivity contribution is 6.04. The summed E-state index contributed by atoms with van der Waals surface area (Å²) < 4.78 is 5.21.